The number of carbonyl (C=O) groups is 2. The lowest BCUT2D eigenvalue weighted by Crippen LogP contribution is -2.19. The number of nitriles is 1. The fourth-order valence-corrected chi connectivity index (χ4v) is 2.46. The second kappa shape index (κ2) is 5.97. The van der Waals surface area contributed by atoms with E-state index in [0.29, 0.717) is 18.5 Å². The average Bonchev–Trinajstić information content (AvgIpc) is 3.21. The van der Waals surface area contributed by atoms with E-state index in [1.54, 1.807) is 24.3 Å². The SMILES string of the molecule is N#CCSCC(=O)Nc1ccc(C2(C(=O)O)CC2)cc1. The first-order chi connectivity index (χ1) is 9.58. The Balaban J connectivity index is 1.94. The zero-order chi connectivity index (χ0) is 14.6. The minimum atomic E-state index is -0.790. The maximum atomic E-state index is 11.6. The van der Waals surface area contributed by atoms with Crippen molar-refractivity contribution in [2.75, 3.05) is 16.8 Å². The summed E-state index contributed by atoms with van der Waals surface area (Å²) in [6.07, 6.45) is 1.33. The van der Waals surface area contributed by atoms with Crippen molar-refractivity contribution in [3.05, 3.63) is 29.8 Å². The highest BCUT2D eigenvalue weighted by molar-refractivity contribution is 8.00. The average molecular weight is 290 g/mol. The molecule has 0 saturated heterocycles. The predicted octanol–water partition coefficient (Wildman–Crippen LogP) is 2.00. The standard InChI is InChI=1S/C14H14N2O3S/c15-7-8-20-9-12(17)16-11-3-1-10(2-4-11)14(5-6-14)13(18)19/h1-4H,5-6,8-9H2,(H,16,17)(H,18,19). The van der Waals surface area contributed by atoms with Crippen molar-refractivity contribution in [3.63, 3.8) is 0 Å². The summed E-state index contributed by atoms with van der Waals surface area (Å²) in [6, 6.07) is 8.88. The van der Waals surface area contributed by atoms with Gasteiger partial charge in [0.2, 0.25) is 5.91 Å². The first-order valence-corrected chi connectivity index (χ1v) is 7.32. The van der Waals surface area contributed by atoms with Gasteiger partial charge in [0.05, 0.1) is 23.0 Å². The molecule has 5 nitrogen and oxygen atoms in total. The van der Waals surface area contributed by atoms with E-state index in [4.69, 9.17) is 5.26 Å². The molecule has 1 aliphatic rings. The Bertz CT molecular complexity index is 559. The van der Waals surface area contributed by atoms with E-state index in [0.717, 1.165) is 5.56 Å². The lowest BCUT2D eigenvalue weighted by atomic mass is 9.96. The van der Waals surface area contributed by atoms with Crippen LogP contribution in [0.25, 0.3) is 0 Å². The van der Waals surface area contributed by atoms with Gasteiger partial charge in [0.15, 0.2) is 0 Å². The number of benzene rings is 1. The number of carboxylic acid groups (broad SMARTS) is 1. The van der Waals surface area contributed by atoms with Gasteiger partial charge in [-0.3, -0.25) is 9.59 Å². The number of nitrogens with one attached hydrogen (secondary N) is 1. The van der Waals surface area contributed by atoms with Crippen molar-refractivity contribution in [1.82, 2.24) is 0 Å². The number of rotatable bonds is 6. The molecule has 1 aliphatic carbocycles. The molecule has 6 heteroatoms. The Morgan fingerprint density at radius 2 is 2.00 bits per heavy atom. The van der Waals surface area contributed by atoms with E-state index < -0.39 is 11.4 Å². The number of aliphatic carboxylic acids is 1. The molecule has 0 atom stereocenters. The van der Waals surface area contributed by atoms with Crippen molar-refractivity contribution in [2.24, 2.45) is 0 Å². The van der Waals surface area contributed by atoms with Gasteiger partial charge in [-0.25, -0.2) is 0 Å². The lowest BCUT2D eigenvalue weighted by Gasteiger charge is -2.11. The topological polar surface area (TPSA) is 90.2 Å². The van der Waals surface area contributed by atoms with Gasteiger partial charge in [0.25, 0.3) is 0 Å². The van der Waals surface area contributed by atoms with Crippen LogP contribution < -0.4 is 5.32 Å². The van der Waals surface area contributed by atoms with Gasteiger partial charge in [0.1, 0.15) is 0 Å². The summed E-state index contributed by atoms with van der Waals surface area (Å²) < 4.78 is 0. The first-order valence-electron chi connectivity index (χ1n) is 6.17. The van der Waals surface area contributed by atoms with E-state index in [1.165, 1.54) is 11.8 Å². The monoisotopic (exact) mass is 290 g/mol. The highest BCUT2D eigenvalue weighted by atomic mass is 32.2. The van der Waals surface area contributed by atoms with Gasteiger partial charge in [-0.15, -0.1) is 11.8 Å². The quantitative estimate of drug-likeness (QED) is 0.782. The second-order valence-corrected chi connectivity index (χ2v) is 5.65. The molecule has 0 aromatic heterocycles. The maximum absolute atomic E-state index is 11.6. The molecule has 20 heavy (non-hydrogen) atoms. The van der Waals surface area contributed by atoms with Gasteiger partial charge in [-0.2, -0.15) is 5.26 Å². The Kier molecular flexibility index (Phi) is 4.30. The van der Waals surface area contributed by atoms with Crippen LogP contribution in [0, 0.1) is 11.3 Å². The van der Waals surface area contributed by atoms with Gasteiger partial charge < -0.3 is 10.4 Å². The van der Waals surface area contributed by atoms with E-state index in [-0.39, 0.29) is 17.4 Å². The van der Waals surface area contributed by atoms with Crippen LogP contribution in [0.4, 0.5) is 5.69 Å². The number of nitrogens with zero attached hydrogens (tertiary/aromatic N) is 1. The molecule has 104 valence electrons. The largest absolute Gasteiger partial charge is 0.481 e. The van der Waals surface area contributed by atoms with Crippen LogP contribution in [0.3, 0.4) is 0 Å². The van der Waals surface area contributed by atoms with Gasteiger partial charge in [-0.1, -0.05) is 12.1 Å². The molecular formula is C14H14N2O3S. The molecule has 2 N–H and O–H groups in total. The van der Waals surface area contributed by atoms with Crippen molar-refractivity contribution >= 4 is 29.3 Å². The molecule has 0 bridgehead atoms. The van der Waals surface area contributed by atoms with Crippen LogP contribution in [0.15, 0.2) is 24.3 Å². The third-order valence-corrected chi connectivity index (χ3v) is 4.08. The molecule has 0 spiro atoms. The third kappa shape index (κ3) is 3.11. The molecule has 1 aromatic carbocycles. The number of carbonyl (C=O) groups excluding carboxylic acids is 1. The number of hydrogen-bond acceptors (Lipinski definition) is 4. The van der Waals surface area contributed by atoms with Crippen LogP contribution in [-0.2, 0) is 15.0 Å². The summed E-state index contributed by atoms with van der Waals surface area (Å²) in [5, 5.41) is 20.3. The Morgan fingerprint density at radius 1 is 1.35 bits per heavy atom. The van der Waals surface area contributed by atoms with Crippen LogP contribution in [0.2, 0.25) is 0 Å². The molecule has 0 radical (unpaired) electrons. The zero-order valence-electron chi connectivity index (χ0n) is 10.8. The lowest BCUT2D eigenvalue weighted by molar-refractivity contribution is -0.140. The molecule has 1 amide bonds. The van der Waals surface area contributed by atoms with Gasteiger partial charge in [0, 0.05) is 5.69 Å². The normalized spacial score (nSPS) is 15.2. The summed E-state index contributed by atoms with van der Waals surface area (Å²) in [6.45, 7) is 0. The molecule has 1 fully saturated rings. The van der Waals surface area contributed by atoms with Crippen molar-refractivity contribution in [2.45, 2.75) is 18.3 Å². The molecule has 2 rings (SSSR count). The number of thioether (sulfide) groups is 1. The number of amides is 1. The van der Waals surface area contributed by atoms with Crippen LogP contribution >= 0.6 is 11.8 Å². The second-order valence-electron chi connectivity index (χ2n) is 4.66. The van der Waals surface area contributed by atoms with Crippen molar-refractivity contribution < 1.29 is 14.7 Å². The molecule has 0 aliphatic heterocycles. The fraction of sp³-hybridized carbons (Fsp3) is 0.357. The van der Waals surface area contributed by atoms with Crippen LogP contribution in [0.1, 0.15) is 18.4 Å². The van der Waals surface area contributed by atoms with E-state index >= 15 is 0 Å². The smallest absolute Gasteiger partial charge is 0.314 e. The van der Waals surface area contributed by atoms with E-state index in [9.17, 15) is 14.7 Å². The summed E-state index contributed by atoms with van der Waals surface area (Å²) in [5.41, 5.74) is 0.699. The third-order valence-electron chi connectivity index (χ3n) is 3.28. The minimum Gasteiger partial charge on any atom is -0.481 e. The van der Waals surface area contributed by atoms with Gasteiger partial charge >= 0.3 is 5.97 Å². The van der Waals surface area contributed by atoms with E-state index in [1.807, 2.05) is 6.07 Å². The van der Waals surface area contributed by atoms with Crippen LogP contribution in [0.5, 0.6) is 0 Å². The van der Waals surface area contributed by atoms with E-state index in [2.05, 4.69) is 5.32 Å². The minimum absolute atomic E-state index is 0.169. The Morgan fingerprint density at radius 3 is 2.50 bits per heavy atom. The molecular weight excluding hydrogens is 276 g/mol. The zero-order valence-corrected chi connectivity index (χ0v) is 11.6. The summed E-state index contributed by atoms with van der Waals surface area (Å²) >= 11 is 1.25. The highest BCUT2D eigenvalue weighted by Crippen LogP contribution is 2.48. The van der Waals surface area contributed by atoms with Crippen LogP contribution in [-0.4, -0.2) is 28.5 Å². The molecule has 0 heterocycles. The van der Waals surface area contributed by atoms with Crippen molar-refractivity contribution in [3.8, 4) is 6.07 Å². The molecule has 1 saturated carbocycles. The predicted molar refractivity (Wildman–Crippen MR) is 76.6 cm³/mol. The highest BCUT2D eigenvalue weighted by Gasteiger charge is 2.51. The van der Waals surface area contributed by atoms with Gasteiger partial charge in [-0.05, 0) is 30.5 Å². The molecule has 1 aromatic rings. The summed E-state index contributed by atoms with van der Waals surface area (Å²) in [5.74, 6) is -0.443. The molecule has 0 unspecified atom stereocenters. The first kappa shape index (κ1) is 14.4. The fourth-order valence-electron chi connectivity index (χ4n) is 2.01. The summed E-state index contributed by atoms with van der Waals surface area (Å²) in [4.78, 5) is 22.7. The number of carboxylic acids is 1. The number of anilines is 1. The number of hydrogen-bond donors (Lipinski definition) is 2. The maximum Gasteiger partial charge on any atom is 0.314 e. The Labute approximate surface area is 121 Å². The Hall–Kier alpha value is -2.00. The summed E-state index contributed by atoms with van der Waals surface area (Å²) in [7, 11) is 0. The van der Waals surface area contributed by atoms with Crippen molar-refractivity contribution in [1.29, 1.82) is 5.26 Å².